The zero-order chi connectivity index (χ0) is 14.1. The van der Waals surface area contributed by atoms with Gasteiger partial charge in [-0.3, -0.25) is 0 Å². The highest BCUT2D eigenvalue weighted by molar-refractivity contribution is 6.31. The molecule has 0 aliphatic heterocycles. The van der Waals surface area contributed by atoms with Gasteiger partial charge >= 0.3 is 0 Å². The van der Waals surface area contributed by atoms with E-state index in [-0.39, 0.29) is 6.04 Å². The van der Waals surface area contributed by atoms with Crippen molar-refractivity contribution in [2.75, 3.05) is 0 Å². The van der Waals surface area contributed by atoms with Crippen molar-refractivity contribution in [2.45, 2.75) is 31.8 Å². The molecule has 0 radical (unpaired) electrons. The Morgan fingerprint density at radius 1 is 1.05 bits per heavy atom. The third-order valence-electron chi connectivity index (χ3n) is 3.96. The van der Waals surface area contributed by atoms with Crippen LogP contribution in [-0.2, 0) is 12.8 Å². The molecule has 1 aliphatic carbocycles. The first kappa shape index (κ1) is 13.9. The molecule has 0 spiro atoms. The smallest absolute Gasteiger partial charge is 0.0453 e. The third kappa shape index (κ3) is 2.85. The lowest BCUT2D eigenvalue weighted by atomic mass is 10.1. The second-order valence-corrected chi connectivity index (χ2v) is 6.27. The molecule has 2 aromatic carbocycles. The van der Waals surface area contributed by atoms with E-state index in [4.69, 9.17) is 23.2 Å². The first-order chi connectivity index (χ1) is 9.63. The standard InChI is InChI=1S/C17H17Cl2N/c1-11(16-4-2-3-5-17(16)19)20-15-9-12-6-7-14(18)8-13(12)10-15/h2-8,11,15,20H,9-10H2,1H3. The Morgan fingerprint density at radius 2 is 1.80 bits per heavy atom. The summed E-state index contributed by atoms with van der Waals surface area (Å²) in [5.74, 6) is 0. The van der Waals surface area contributed by atoms with Crippen molar-refractivity contribution in [3.8, 4) is 0 Å². The maximum absolute atomic E-state index is 6.26. The molecular formula is C17H17Cl2N. The SMILES string of the molecule is CC(NC1Cc2ccc(Cl)cc2C1)c1ccccc1Cl. The molecule has 3 heteroatoms. The van der Waals surface area contributed by atoms with Crippen molar-refractivity contribution in [3.63, 3.8) is 0 Å². The Labute approximate surface area is 129 Å². The van der Waals surface area contributed by atoms with E-state index in [0.29, 0.717) is 6.04 Å². The minimum Gasteiger partial charge on any atom is -0.307 e. The van der Waals surface area contributed by atoms with Crippen molar-refractivity contribution in [1.82, 2.24) is 5.32 Å². The Bertz CT molecular complexity index is 624. The molecule has 2 atom stereocenters. The number of fused-ring (bicyclic) bond motifs is 1. The van der Waals surface area contributed by atoms with Crippen LogP contribution in [0.3, 0.4) is 0 Å². The lowest BCUT2D eigenvalue weighted by molar-refractivity contribution is 0.467. The van der Waals surface area contributed by atoms with Crippen LogP contribution in [0.15, 0.2) is 42.5 Å². The third-order valence-corrected chi connectivity index (χ3v) is 4.54. The summed E-state index contributed by atoms with van der Waals surface area (Å²) in [4.78, 5) is 0. The molecule has 0 fully saturated rings. The molecule has 0 amide bonds. The normalized spacial score (nSPS) is 18.9. The first-order valence-corrected chi connectivity index (χ1v) is 7.67. The average Bonchev–Trinajstić information content (AvgIpc) is 2.80. The van der Waals surface area contributed by atoms with Crippen molar-refractivity contribution in [3.05, 3.63) is 69.2 Å². The van der Waals surface area contributed by atoms with Crippen LogP contribution in [0.4, 0.5) is 0 Å². The van der Waals surface area contributed by atoms with Gasteiger partial charge in [0.05, 0.1) is 0 Å². The number of hydrogen-bond acceptors (Lipinski definition) is 1. The van der Waals surface area contributed by atoms with Crippen LogP contribution in [0, 0.1) is 0 Å². The second-order valence-electron chi connectivity index (χ2n) is 5.43. The summed E-state index contributed by atoms with van der Waals surface area (Å²) in [7, 11) is 0. The molecule has 2 unspecified atom stereocenters. The summed E-state index contributed by atoms with van der Waals surface area (Å²) in [6, 6.07) is 14.9. The molecule has 1 aliphatic rings. The minimum absolute atomic E-state index is 0.249. The van der Waals surface area contributed by atoms with Crippen molar-refractivity contribution in [1.29, 1.82) is 0 Å². The lowest BCUT2D eigenvalue weighted by Crippen LogP contribution is -2.32. The molecule has 0 bridgehead atoms. The van der Waals surface area contributed by atoms with Crippen molar-refractivity contribution < 1.29 is 0 Å². The summed E-state index contributed by atoms with van der Waals surface area (Å²) in [5, 5.41) is 5.32. The molecule has 0 saturated carbocycles. The maximum Gasteiger partial charge on any atom is 0.0453 e. The zero-order valence-electron chi connectivity index (χ0n) is 11.4. The number of nitrogens with one attached hydrogen (secondary N) is 1. The van der Waals surface area contributed by atoms with Gasteiger partial charge in [0.2, 0.25) is 0 Å². The fraction of sp³-hybridized carbons (Fsp3) is 0.294. The number of hydrogen-bond donors (Lipinski definition) is 1. The Morgan fingerprint density at radius 3 is 2.60 bits per heavy atom. The maximum atomic E-state index is 6.26. The number of rotatable bonds is 3. The van der Waals surface area contributed by atoms with Crippen LogP contribution < -0.4 is 5.32 Å². The summed E-state index contributed by atoms with van der Waals surface area (Å²) in [6.45, 7) is 2.16. The second kappa shape index (κ2) is 5.77. The van der Waals surface area contributed by atoms with Crippen LogP contribution in [0.25, 0.3) is 0 Å². The highest BCUT2D eigenvalue weighted by atomic mass is 35.5. The highest BCUT2D eigenvalue weighted by Crippen LogP contribution is 2.28. The minimum atomic E-state index is 0.249. The fourth-order valence-electron chi connectivity index (χ4n) is 2.97. The molecule has 0 saturated heterocycles. The van der Waals surface area contributed by atoms with Gasteiger partial charge < -0.3 is 5.32 Å². The summed E-state index contributed by atoms with van der Waals surface area (Å²) in [5.41, 5.74) is 3.92. The van der Waals surface area contributed by atoms with Crippen LogP contribution in [0.1, 0.15) is 29.7 Å². The number of halogens is 2. The van der Waals surface area contributed by atoms with E-state index in [2.05, 4.69) is 30.4 Å². The topological polar surface area (TPSA) is 12.0 Å². The molecule has 2 aromatic rings. The van der Waals surface area contributed by atoms with Crippen LogP contribution in [0.2, 0.25) is 10.0 Å². The van der Waals surface area contributed by atoms with Crippen LogP contribution in [0.5, 0.6) is 0 Å². The first-order valence-electron chi connectivity index (χ1n) is 6.91. The molecule has 1 nitrogen and oxygen atoms in total. The fourth-order valence-corrected chi connectivity index (χ4v) is 3.47. The highest BCUT2D eigenvalue weighted by Gasteiger charge is 2.23. The van der Waals surface area contributed by atoms with Gasteiger partial charge in [0.15, 0.2) is 0 Å². The molecule has 20 heavy (non-hydrogen) atoms. The van der Waals surface area contributed by atoms with Gasteiger partial charge in [-0.15, -0.1) is 0 Å². The van der Waals surface area contributed by atoms with E-state index in [1.807, 2.05) is 24.3 Å². The van der Waals surface area contributed by atoms with Crippen LogP contribution in [-0.4, -0.2) is 6.04 Å². The largest absolute Gasteiger partial charge is 0.307 e. The monoisotopic (exact) mass is 305 g/mol. The Kier molecular flexibility index (Phi) is 4.02. The predicted molar refractivity (Wildman–Crippen MR) is 85.7 cm³/mol. The van der Waals surface area contributed by atoms with E-state index in [0.717, 1.165) is 28.5 Å². The van der Waals surface area contributed by atoms with Crippen molar-refractivity contribution >= 4 is 23.2 Å². The average molecular weight is 306 g/mol. The Hall–Kier alpha value is -1.02. The quantitative estimate of drug-likeness (QED) is 0.858. The van der Waals surface area contributed by atoms with E-state index < -0.39 is 0 Å². The summed E-state index contributed by atoms with van der Waals surface area (Å²) in [6.07, 6.45) is 2.09. The summed E-state index contributed by atoms with van der Waals surface area (Å²) >= 11 is 12.3. The van der Waals surface area contributed by atoms with E-state index >= 15 is 0 Å². The molecular weight excluding hydrogens is 289 g/mol. The van der Waals surface area contributed by atoms with Crippen LogP contribution >= 0.6 is 23.2 Å². The van der Waals surface area contributed by atoms with Gasteiger partial charge in [0.25, 0.3) is 0 Å². The lowest BCUT2D eigenvalue weighted by Gasteiger charge is -2.20. The summed E-state index contributed by atoms with van der Waals surface area (Å²) < 4.78 is 0. The molecule has 0 aromatic heterocycles. The number of benzene rings is 2. The van der Waals surface area contributed by atoms with Gasteiger partial charge in [0, 0.05) is 22.1 Å². The van der Waals surface area contributed by atoms with Gasteiger partial charge in [0.1, 0.15) is 0 Å². The molecule has 0 heterocycles. The Balaban J connectivity index is 1.70. The van der Waals surface area contributed by atoms with Gasteiger partial charge in [-0.25, -0.2) is 0 Å². The van der Waals surface area contributed by atoms with Gasteiger partial charge in [-0.05, 0) is 54.7 Å². The van der Waals surface area contributed by atoms with Gasteiger partial charge in [-0.1, -0.05) is 47.5 Å². The molecule has 104 valence electrons. The zero-order valence-corrected chi connectivity index (χ0v) is 12.9. The van der Waals surface area contributed by atoms with Crippen molar-refractivity contribution in [2.24, 2.45) is 0 Å². The predicted octanol–water partition coefficient (Wildman–Crippen LogP) is 4.81. The van der Waals surface area contributed by atoms with Gasteiger partial charge in [-0.2, -0.15) is 0 Å². The van der Waals surface area contributed by atoms with E-state index in [1.54, 1.807) is 0 Å². The molecule has 3 rings (SSSR count). The van der Waals surface area contributed by atoms with E-state index in [9.17, 15) is 0 Å². The van der Waals surface area contributed by atoms with E-state index in [1.165, 1.54) is 11.1 Å². The molecule has 1 N–H and O–H groups in total.